The highest BCUT2D eigenvalue weighted by molar-refractivity contribution is 5.78. The molecule has 2 N–H and O–H groups in total. The van der Waals surface area contributed by atoms with E-state index in [0.29, 0.717) is 13.0 Å². The molecule has 2 heterocycles. The highest BCUT2D eigenvalue weighted by Crippen LogP contribution is 2.10. The smallest absolute Gasteiger partial charge is 0.221 e. The van der Waals surface area contributed by atoms with E-state index in [1.54, 1.807) is 18.6 Å². The second kappa shape index (κ2) is 4.35. The number of amides is 1. The third-order valence-electron chi connectivity index (χ3n) is 2.49. The predicted octanol–water partition coefficient (Wildman–Crippen LogP) is 0.0157. The fourth-order valence-electron chi connectivity index (χ4n) is 1.70. The van der Waals surface area contributed by atoms with Crippen LogP contribution >= 0.6 is 0 Å². The van der Waals surface area contributed by atoms with E-state index >= 15 is 0 Å². The summed E-state index contributed by atoms with van der Waals surface area (Å²) < 4.78 is 0. The fourth-order valence-corrected chi connectivity index (χ4v) is 1.70. The molecule has 1 aliphatic heterocycles. The Morgan fingerprint density at radius 3 is 3.07 bits per heavy atom. The second-order valence-electron chi connectivity index (χ2n) is 3.72. The summed E-state index contributed by atoms with van der Waals surface area (Å²) in [6.45, 7) is 2.72. The van der Waals surface area contributed by atoms with Crippen LogP contribution in [-0.4, -0.2) is 28.5 Å². The summed E-state index contributed by atoms with van der Waals surface area (Å²) in [5.74, 6) is 0.110. The van der Waals surface area contributed by atoms with E-state index in [1.165, 1.54) is 0 Å². The molecule has 1 saturated heterocycles. The van der Waals surface area contributed by atoms with Crippen LogP contribution < -0.4 is 10.6 Å². The summed E-state index contributed by atoms with van der Waals surface area (Å²) in [7, 11) is 0. The van der Waals surface area contributed by atoms with Crippen LogP contribution in [0.15, 0.2) is 18.6 Å². The lowest BCUT2D eigenvalue weighted by molar-refractivity contribution is -0.119. The number of nitrogens with one attached hydrogen (secondary N) is 2. The van der Waals surface area contributed by atoms with Gasteiger partial charge in [0.2, 0.25) is 5.91 Å². The molecule has 2 unspecified atom stereocenters. The SMILES string of the molecule is CC(NC1CNC(=O)C1)c1cnccn1. The Morgan fingerprint density at radius 1 is 1.60 bits per heavy atom. The van der Waals surface area contributed by atoms with Gasteiger partial charge < -0.3 is 10.6 Å². The van der Waals surface area contributed by atoms with Crippen LogP contribution in [0.4, 0.5) is 0 Å². The van der Waals surface area contributed by atoms with Gasteiger partial charge in [-0.05, 0) is 6.92 Å². The summed E-state index contributed by atoms with van der Waals surface area (Å²) in [6, 6.07) is 0.325. The molecule has 0 bridgehead atoms. The molecule has 0 radical (unpaired) electrons. The first kappa shape index (κ1) is 10.0. The molecule has 5 heteroatoms. The lowest BCUT2D eigenvalue weighted by atomic mass is 10.2. The van der Waals surface area contributed by atoms with Gasteiger partial charge in [-0.1, -0.05) is 0 Å². The van der Waals surface area contributed by atoms with Crippen LogP contribution in [0.25, 0.3) is 0 Å². The summed E-state index contributed by atoms with van der Waals surface area (Å²) in [5, 5.41) is 6.13. The van der Waals surface area contributed by atoms with E-state index in [4.69, 9.17) is 0 Å². The van der Waals surface area contributed by atoms with Crippen molar-refractivity contribution in [3.63, 3.8) is 0 Å². The van der Waals surface area contributed by atoms with Gasteiger partial charge >= 0.3 is 0 Å². The van der Waals surface area contributed by atoms with Crippen molar-refractivity contribution in [2.75, 3.05) is 6.54 Å². The first-order chi connectivity index (χ1) is 7.25. The Morgan fingerprint density at radius 2 is 2.47 bits per heavy atom. The third kappa shape index (κ3) is 2.50. The molecular formula is C10H14N4O. The van der Waals surface area contributed by atoms with Crippen molar-refractivity contribution in [3.8, 4) is 0 Å². The van der Waals surface area contributed by atoms with Gasteiger partial charge in [-0.15, -0.1) is 0 Å². The van der Waals surface area contributed by atoms with Gasteiger partial charge in [0.1, 0.15) is 0 Å². The molecule has 0 saturated carbocycles. The van der Waals surface area contributed by atoms with Crippen molar-refractivity contribution in [3.05, 3.63) is 24.3 Å². The van der Waals surface area contributed by atoms with E-state index in [2.05, 4.69) is 20.6 Å². The van der Waals surface area contributed by atoms with Crippen LogP contribution in [0.3, 0.4) is 0 Å². The largest absolute Gasteiger partial charge is 0.354 e. The molecule has 1 aromatic rings. The summed E-state index contributed by atoms with van der Waals surface area (Å²) in [5.41, 5.74) is 0.900. The normalized spacial score (nSPS) is 22.5. The molecule has 1 amide bonds. The van der Waals surface area contributed by atoms with Gasteiger partial charge in [0, 0.05) is 43.6 Å². The van der Waals surface area contributed by atoms with E-state index in [1.807, 2.05) is 6.92 Å². The molecule has 80 valence electrons. The highest BCUT2D eigenvalue weighted by atomic mass is 16.1. The molecule has 1 aromatic heterocycles. The standard InChI is InChI=1S/C10H14N4O/c1-7(9-6-11-2-3-12-9)14-8-4-10(15)13-5-8/h2-3,6-8,14H,4-5H2,1H3,(H,13,15). The van der Waals surface area contributed by atoms with Gasteiger partial charge in [0.15, 0.2) is 0 Å². The molecule has 15 heavy (non-hydrogen) atoms. The van der Waals surface area contributed by atoms with E-state index in [-0.39, 0.29) is 18.0 Å². The minimum Gasteiger partial charge on any atom is -0.354 e. The zero-order chi connectivity index (χ0) is 10.7. The van der Waals surface area contributed by atoms with Crippen molar-refractivity contribution in [1.82, 2.24) is 20.6 Å². The number of rotatable bonds is 3. The van der Waals surface area contributed by atoms with Crippen LogP contribution in [-0.2, 0) is 4.79 Å². The average Bonchev–Trinajstić information content (AvgIpc) is 2.65. The third-order valence-corrected chi connectivity index (χ3v) is 2.49. The van der Waals surface area contributed by atoms with Crippen LogP contribution in [0.2, 0.25) is 0 Å². The maximum Gasteiger partial charge on any atom is 0.221 e. The highest BCUT2D eigenvalue weighted by Gasteiger charge is 2.23. The Balaban J connectivity index is 1.92. The molecule has 0 spiro atoms. The summed E-state index contributed by atoms with van der Waals surface area (Å²) in [4.78, 5) is 19.2. The van der Waals surface area contributed by atoms with Crippen LogP contribution in [0.5, 0.6) is 0 Å². The summed E-state index contributed by atoms with van der Waals surface area (Å²) >= 11 is 0. The fraction of sp³-hybridized carbons (Fsp3) is 0.500. The minimum atomic E-state index is 0.110. The molecule has 2 rings (SSSR count). The Hall–Kier alpha value is -1.49. The minimum absolute atomic E-state index is 0.110. The van der Waals surface area contributed by atoms with Crippen LogP contribution in [0.1, 0.15) is 25.1 Å². The zero-order valence-electron chi connectivity index (χ0n) is 8.60. The number of carbonyl (C=O) groups excluding carboxylic acids is 1. The van der Waals surface area contributed by atoms with Crippen molar-refractivity contribution in [2.45, 2.75) is 25.4 Å². The molecule has 5 nitrogen and oxygen atoms in total. The lowest BCUT2D eigenvalue weighted by Gasteiger charge is -2.16. The van der Waals surface area contributed by atoms with E-state index in [9.17, 15) is 4.79 Å². The molecule has 0 aromatic carbocycles. The average molecular weight is 206 g/mol. The quantitative estimate of drug-likeness (QED) is 0.731. The number of hydrogen-bond acceptors (Lipinski definition) is 4. The molecular weight excluding hydrogens is 192 g/mol. The number of carbonyl (C=O) groups is 1. The van der Waals surface area contributed by atoms with Gasteiger partial charge in [-0.25, -0.2) is 0 Å². The van der Waals surface area contributed by atoms with Gasteiger partial charge in [0.25, 0.3) is 0 Å². The monoisotopic (exact) mass is 206 g/mol. The first-order valence-electron chi connectivity index (χ1n) is 5.04. The Kier molecular flexibility index (Phi) is 2.91. The van der Waals surface area contributed by atoms with Crippen LogP contribution in [0, 0.1) is 0 Å². The predicted molar refractivity (Wildman–Crippen MR) is 55.0 cm³/mol. The Labute approximate surface area is 88.3 Å². The van der Waals surface area contributed by atoms with Gasteiger partial charge in [-0.3, -0.25) is 14.8 Å². The van der Waals surface area contributed by atoms with Gasteiger partial charge in [0.05, 0.1) is 5.69 Å². The van der Waals surface area contributed by atoms with Crippen molar-refractivity contribution in [1.29, 1.82) is 0 Å². The maximum atomic E-state index is 11.0. The Bertz CT molecular complexity index is 341. The van der Waals surface area contributed by atoms with Crippen molar-refractivity contribution in [2.24, 2.45) is 0 Å². The second-order valence-corrected chi connectivity index (χ2v) is 3.72. The van der Waals surface area contributed by atoms with Gasteiger partial charge in [-0.2, -0.15) is 0 Å². The number of aromatic nitrogens is 2. The lowest BCUT2D eigenvalue weighted by Crippen LogP contribution is -2.33. The maximum absolute atomic E-state index is 11.0. The first-order valence-corrected chi connectivity index (χ1v) is 5.04. The number of nitrogens with zero attached hydrogens (tertiary/aromatic N) is 2. The molecule has 0 aliphatic carbocycles. The van der Waals surface area contributed by atoms with E-state index < -0.39 is 0 Å². The molecule has 1 fully saturated rings. The van der Waals surface area contributed by atoms with Crippen molar-refractivity contribution < 1.29 is 4.79 Å². The zero-order valence-corrected chi connectivity index (χ0v) is 8.60. The van der Waals surface area contributed by atoms with Crippen molar-refractivity contribution >= 4 is 5.91 Å². The number of hydrogen-bond donors (Lipinski definition) is 2. The summed E-state index contributed by atoms with van der Waals surface area (Å²) in [6.07, 6.45) is 5.61. The topological polar surface area (TPSA) is 66.9 Å². The van der Waals surface area contributed by atoms with E-state index in [0.717, 1.165) is 5.69 Å². The molecule has 1 aliphatic rings. The molecule has 2 atom stereocenters.